The summed E-state index contributed by atoms with van der Waals surface area (Å²) in [5.41, 5.74) is -0.435. The lowest BCUT2D eigenvalue weighted by Gasteiger charge is -2.17. The molecule has 0 saturated heterocycles. The van der Waals surface area contributed by atoms with Crippen LogP contribution in [0, 0.1) is 11.8 Å². The fraction of sp³-hybridized carbons (Fsp3) is 1.00. The highest BCUT2D eigenvalue weighted by Gasteiger charge is 2.45. The predicted octanol–water partition coefficient (Wildman–Crippen LogP) is 0.918. The van der Waals surface area contributed by atoms with Gasteiger partial charge in [-0.15, -0.1) is 0 Å². The molecule has 0 aromatic rings. The Kier molecular flexibility index (Phi) is 1.52. The van der Waals surface area contributed by atoms with Gasteiger partial charge in [0.15, 0.2) is 0 Å². The van der Waals surface area contributed by atoms with Crippen molar-refractivity contribution < 1.29 is 10.2 Å². The summed E-state index contributed by atoms with van der Waals surface area (Å²) in [5.74, 6) is 1.19. The van der Waals surface area contributed by atoms with E-state index in [9.17, 15) is 10.2 Å². The van der Waals surface area contributed by atoms with Crippen LogP contribution in [0.25, 0.3) is 0 Å². The van der Waals surface area contributed by atoms with Crippen LogP contribution in [0.4, 0.5) is 0 Å². The van der Waals surface area contributed by atoms with Gasteiger partial charge in [-0.2, -0.15) is 0 Å². The van der Waals surface area contributed by atoms with Gasteiger partial charge in [-0.05, 0) is 44.4 Å². The van der Waals surface area contributed by atoms with Crippen molar-refractivity contribution in [1.29, 1.82) is 0 Å². The minimum absolute atomic E-state index is 0.0823. The first kappa shape index (κ1) is 7.56. The van der Waals surface area contributed by atoms with Crippen molar-refractivity contribution in [2.45, 2.75) is 44.3 Å². The van der Waals surface area contributed by atoms with Gasteiger partial charge in [-0.3, -0.25) is 0 Å². The molecule has 0 aromatic heterocycles. The fourth-order valence-electron chi connectivity index (χ4n) is 2.89. The van der Waals surface area contributed by atoms with Crippen LogP contribution in [-0.4, -0.2) is 21.9 Å². The number of aliphatic hydroxyl groups excluding tert-OH is 1. The van der Waals surface area contributed by atoms with Crippen molar-refractivity contribution in [3.8, 4) is 0 Å². The summed E-state index contributed by atoms with van der Waals surface area (Å²) in [5, 5.41) is 19.0. The molecule has 0 bridgehead atoms. The number of hydrogen-bond donors (Lipinski definition) is 2. The maximum atomic E-state index is 9.70. The number of hydrogen-bond acceptors (Lipinski definition) is 2. The Labute approximate surface area is 67.2 Å². The molecule has 0 aliphatic heterocycles. The molecule has 2 aliphatic carbocycles. The molecule has 0 radical (unpaired) electrons. The van der Waals surface area contributed by atoms with E-state index < -0.39 is 5.60 Å². The number of rotatable bonds is 0. The summed E-state index contributed by atoms with van der Waals surface area (Å²) < 4.78 is 0. The zero-order chi connectivity index (χ0) is 8.06. The third kappa shape index (κ3) is 1.30. The average molecular weight is 156 g/mol. The van der Waals surface area contributed by atoms with Crippen LogP contribution in [0.3, 0.4) is 0 Å². The predicted molar refractivity (Wildman–Crippen MR) is 42.1 cm³/mol. The topological polar surface area (TPSA) is 40.5 Å². The van der Waals surface area contributed by atoms with Crippen LogP contribution in [0.5, 0.6) is 0 Å². The Morgan fingerprint density at radius 3 is 2.09 bits per heavy atom. The lowest BCUT2D eigenvalue weighted by molar-refractivity contribution is 0.0511. The summed E-state index contributed by atoms with van der Waals surface area (Å²) in [6, 6.07) is 0. The standard InChI is InChI=1S/C9H16O2/c1-9(11)4-6-2-8(10)3-7(6)5-9/h6-8,10-11H,2-5H2,1H3/t6-,7+,8?,9?. The maximum absolute atomic E-state index is 9.70. The van der Waals surface area contributed by atoms with Gasteiger partial charge >= 0.3 is 0 Å². The van der Waals surface area contributed by atoms with Gasteiger partial charge in [0, 0.05) is 0 Å². The molecule has 11 heavy (non-hydrogen) atoms. The molecule has 0 spiro atoms. The quantitative estimate of drug-likeness (QED) is 0.547. The van der Waals surface area contributed by atoms with Crippen molar-refractivity contribution in [3.05, 3.63) is 0 Å². The normalized spacial score (nSPS) is 56.5. The molecular weight excluding hydrogens is 140 g/mol. The molecular formula is C9H16O2. The minimum atomic E-state index is -0.435. The van der Waals surface area contributed by atoms with Crippen molar-refractivity contribution in [1.82, 2.24) is 0 Å². The van der Waals surface area contributed by atoms with Crippen LogP contribution in [0.1, 0.15) is 32.6 Å². The first-order chi connectivity index (χ1) is 5.07. The van der Waals surface area contributed by atoms with Crippen LogP contribution >= 0.6 is 0 Å². The van der Waals surface area contributed by atoms with E-state index >= 15 is 0 Å². The monoisotopic (exact) mass is 156 g/mol. The molecule has 2 rings (SSSR count). The molecule has 4 atom stereocenters. The second kappa shape index (κ2) is 2.20. The summed E-state index contributed by atoms with van der Waals surface area (Å²) in [6.07, 6.45) is 3.55. The van der Waals surface area contributed by atoms with Crippen molar-refractivity contribution in [2.75, 3.05) is 0 Å². The van der Waals surface area contributed by atoms with E-state index in [0.717, 1.165) is 25.7 Å². The Morgan fingerprint density at radius 2 is 1.64 bits per heavy atom. The Bertz CT molecular complexity index is 149. The molecule has 64 valence electrons. The van der Waals surface area contributed by atoms with Crippen LogP contribution in [0.15, 0.2) is 0 Å². The number of aliphatic hydroxyl groups is 2. The average Bonchev–Trinajstić information content (AvgIpc) is 2.17. The molecule has 2 heteroatoms. The summed E-state index contributed by atoms with van der Waals surface area (Å²) in [4.78, 5) is 0. The summed E-state index contributed by atoms with van der Waals surface area (Å²) >= 11 is 0. The van der Waals surface area contributed by atoms with E-state index in [2.05, 4.69) is 0 Å². The van der Waals surface area contributed by atoms with E-state index in [-0.39, 0.29) is 6.10 Å². The Hall–Kier alpha value is -0.0800. The molecule has 2 N–H and O–H groups in total. The van der Waals surface area contributed by atoms with Gasteiger partial charge in [0.25, 0.3) is 0 Å². The van der Waals surface area contributed by atoms with E-state index in [0.29, 0.717) is 11.8 Å². The molecule has 2 saturated carbocycles. The van der Waals surface area contributed by atoms with Crippen LogP contribution in [0.2, 0.25) is 0 Å². The fourth-order valence-corrected chi connectivity index (χ4v) is 2.89. The SMILES string of the molecule is CC1(O)C[C@H]2CC(O)C[C@H]2C1. The third-order valence-electron chi connectivity index (χ3n) is 3.22. The molecule has 2 aliphatic rings. The first-order valence-corrected chi connectivity index (χ1v) is 4.47. The highest BCUT2D eigenvalue weighted by atomic mass is 16.3. The van der Waals surface area contributed by atoms with Gasteiger partial charge in [-0.1, -0.05) is 0 Å². The molecule has 2 fully saturated rings. The van der Waals surface area contributed by atoms with E-state index in [1.165, 1.54) is 0 Å². The van der Waals surface area contributed by atoms with Gasteiger partial charge in [0.2, 0.25) is 0 Å². The molecule has 2 nitrogen and oxygen atoms in total. The number of fused-ring (bicyclic) bond motifs is 1. The second-order valence-electron chi connectivity index (χ2n) is 4.55. The van der Waals surface area contributed by atoms with Crippen molar-refractivity contribution in [3.63, 3.8) is 0 Å². The smallest absolute Gasteiger partial charge is 0.0625 e. The van der Waals surface area contributed by atoms with E-state index in [4.69, 9.17) is 0 Å². The Morgan fingerprint density at radius 1 is 1.18 bits per heavy atom. The minimum Gasteiger partial charge on any atom is -0.393 e. The lowest BCUT2D eigenvalue weighted by atomic mass is 10.0. The lowest BCUT2D eigenvalue weighted by Crippen LogP contribution is -2.20. The molecule has 0 amide bonds. The van der Waals surface area contributed by atoms with Crippen LogP contribution < -0.4 is 0 Å². The van der Waals surface area contributed by atoms with Crippen molar-refractivity contribution in [2.24, 2.45) is 11.8 Å². The Balaban J connectivity index is 2.04. The van der Waals surface area contributed by atoms with Crippen LogP contribution in [-0.2, 0) is 0 Å². The third-order valence-corrected chi connectivity index (χ3v) is 3.22. The molecule has 0 aromatic carbocycles. The summed E-state index contributed by atoms with van der Waals surface area (Å²) in [6.45, 7) is 1.91. The zero-order valence-electron chi connectivity index (χ0n) is 6.95. The highest BCUT2D eigenvalue weighted by molar-refractivity contribution is 4.97. The second-order valence-corrected chi connectivity index (χ2v) is 4.55. The summed E-state index contributed by atoms with van der Waals surface area (Å²) in [7, 11) is 0. The highest BCUT2D eigenvalue weighted by Crippen LogP contribution is 2.48. The largest absolute Gasteiger partial charge is 0.393 e. The molecule has 2 unspecified atom stereocenters. The maximum Gasteiger partial charge on any atom is 0.0625 e. The van der Waals surface area contributed by atoms with Gasteiger partial charge < -0.3 is 10.2 Å². The van der Waals surface area contributed by atoms with Crippen molar-refractivity contribution >= 4 is 0 Å². The molecule has 0 heterocycles. The zero-order valence-corrected chi connectivity index (χ0v) is 6.95. The van der Waals surface area contributed by atoms with Gasteiger partial charge in [0.05, 0.1) is 11.7 Å². The van der Waals surface area contributed by atoms with Gasteiger partial charge in [-0.25, -0.2) is 0 Å². The van der Waals surface area contributed by atoms with Gasteiger partial charge in [0.1, 0.15) is 0 Å². The van der Waals surface area contributed by atoms with E-state index in [1.807, 2.05) is 6.92 Å². The van der Waals surface area contributed by atoms with E-state index in [1.54, 1.807) is 0 Å². The first-order valence-electron chi connectivity index (χ1n) is 4.47.